The van der Waals surface area contributed by atoms with Gasteiger partial charge in [0, 0.05) is 26.2 Å². The Labute approximate surface area is 94.2 Å². The number of aliphatic carboxylic acids is 1. The van der Waals surface area contributed by atoms with E-state index in [-0.39, 0.29) is 31.5 Å². The third-order valence-corrected chi connectivity index (χ3v) is 2.68. The van der Waals surface area contributed by atoms with E-state index in [2.05, 4.69) is 5.32 Å². The first kappa shape index (κ1) is 12.8. The van der Waals surface area contributed by atoms with Gasteiger partial charge in [0.25, 0.3) is 0 Å². The van der Waals surface area contributed by atoms with Crippen molar-refractivity contribution in [2.45, 2.75) is 19.3 Å². The standard InChI is InChI=1S/C10H18N2O4/c13-7-8-2-1-5-12(6-8)10(16)11-4-3-9(14)15/h8,13H,1-7H2,(H,11,16)(H,14,15). The zero-order valence-electron chi connectivity index (χ0n) is 9.19. The minimum absolute atomic E-state index is 0.0665. The molecule has 6 nitrogen and oxygen atoms in total. The normalized spacial score (nSPS) is 20.6. The molecule has 1 unspecified atom stereocenters. The lowest BCUT2D eigenvalue weighted by atomic mass is 9.99. The van der Waals surface area contributed by atoms with Crippen molar-refractivity contribution in [1.29, 1.82) is 0 Å². The van der Waals surface area contributed by atoms with Crippen molar-refractivity contribution in [3.8, 4) is 0 Å². The van der Waals surface area contributed by atoms with E-state index in [1.807, 2.05) is 0 Å². The first-order valence-electron chi connectivity index (χ1n) is 5.49. The van der Waals surface area contributed by atoms with E-state index in [4.69, 9.17) is 10.2 Å². The van der Waals surface area contributed by atoms with Crippen LogP contribution in [-0.4, -0.2) is 53.4 Å². The van der Waals surface area contributed by atoms with Crippen molar-refractivity contribution in [2.75, 3.05) is 26.2 Å². The van der Waals surface area contributed by atoms with E-state index < -0.39 is 5.97 Å². The highest BCUT2D eigenvalue weighted by atomic mass is 16.4. The lowest BCUT2D eigenvalue weighted by molar-refractivity contribution is -0.136. The molecule has 1 rings (SSSR count). The van der Waals surface area contributed by atoms with Crippen LogP contribution in [0, 0.1) is 5.92 Å². The number of carboxylic acid groups (broad SMARTS) is 1. The molecule has 1 fully saturated rings. The Morgan fingerprint density at radius 2 is 2.19 bits per heavy atom. The molecule has 0 radical (unpaired) electrons. The number of carboxylic acids is 1. The second-order valence-corrected chi connectivity index (χ2v) is 4.01. The number of nitrogens with zero attached hydrogens (tertiary/aromatic N) is 1. The molecule has 1 atom stereocenters. The third kappa shape index (κ3) is 4.06. The van der Waals surface area contributed by atoms with Gasteiger partial charge in [0.1, 0.15) is 0 Å². The van der Waals surface area contributed by atoms with Gasteiger partial charge in [-0.25, -0.2) is 4.79 Å². The van der Waals surface area contributed by atoms with Crippen molar-refractivity contribution in [3.63, 3.8) is 0 Å². The Bertz CT molecular complexity index is 257. The van der Waals surface area contributed by atoms with Crippen molar-refractivity contribution in [3.05, 3.63) is 0 Å². The molecule has 0 aromatic carbocycles. The van der Waals surface area contributed by atoms with Crippen LogP contribution in [0.2, 0.25) is 0 Å². The van der Waals surface area contributed by atoms with Crippen LogP contribution >= 0.6 is 0 Å². The molecule has 1 saturated heterocycles. The summed E-state index contributed by atoms with van der Waals surface area (Å²) in [6.07, 6.45) is 1.76. The summed E-state index contributed by atoms with van der Waals surface area (Å²) in [7, 11) is 0. The molecule has 92 valence electrons. The summed E-state index contributed by atoms with van der Waals surface area (Å²) in [4.78, 5) is 23.5. The van der Waals surface area contributed by atoms with E-state index in [0.29, 0.717) is 13.1 Å². The van der Waals surface area contributed by atoms with Gasteiger partial charge in [-0.05, 0) is 18.8 Å². The first-order valence-corrected chi connectivity index (χ1v) is 5.49. The van der Waals surface area contributed by atoms with Crippen LogP contribution in [0.4, 0.5) is 4.79 Å². The number of rotatable bonds is 4. The number of amides is 2. The number of aliphatic hydroxyl groups is 1. The molecule has 0 aliphatic carbocycles. The van der Waals surface area contributed by atoms with Crippen molar-refractivity contribution < 1.29 is 19.8 Å². The fourth-order valence-electron chi connectivity index (χ4n) is 1.79. The molecule has 3 N–H and O–H groups in total. The highest BCUT2D eigenvalue weighted by molar-refractivity contribution is 5.75. The highest BCUT2D eigenvalue weighted by Gasteiger charge is 2.22. The van der Waals surface area contributed by atoms with Crippen LogP contribution in [0.25, 0.3) is 0 Å². The number of likely N-dealkylation sites (tertiary alicyclic amines) is 1. The van der Waals surface area contributed by atoms with E-state index in [1.165, 1.54) is 0 Å². The van der Waals surface area contributed by atoms with E-state index >= 15 is 0 Å². The summed E-state index contributed by atoms with van der Waals surface area (Å²) < 4.78 is 0. The maximum atomic E-state index is 11.6. The second kappa shape index (κ2) is 6.32. The summed E-state index contributed by atoms with van der Waals surface area (Å²) in [5.74, 6) is -0.772. The molecule has 2 amide bonds. The van der Waals surface area contributed by atoms with Crippen molar-refractivity contribution >= 4 is 12.0 Å². The Hall–Kier alpha value is -1.30. The number of aliphatic hydroxyl groups excluding tert-OH is 1. The number of urea groups is 1. The van der Waals surface area contributed by atoms with Crippen molar-refractivity contribution in [1.82, 2.24) is 10.2 Å². The zero-order valence-corrected chi connectivity index (χ0v) is 9.19. The predicted octanol–water partition coefficient (Wildman–Crippen LogP) is -0.125. The molecule has 1 aliphatic rings. The Kier molecular flexibility index (Phi) is 5.04. The summed E-state index contributed by atoms with van der Waals surface area (Å²) >= 11 is 0. The van der Waals surface area contributed by atoms with Gasteiger partial charge in [0.15, 0.2) is 0 Å². The maximum Gasteiger partial charge on any atom is 0.317 e. The van der Waals surface area contributed by atoms with Gasteiger partial charge in [0.2, 0.25) is 0 Å². The third-order valence-electron chi connectivity index (χ3n) is 2.68. The summed E-state index contributed by atoms with van der Waals surface area (Å²) in [5.41, 5.74) is 0. The Balaban J connectivity index is 2.27. The second-order valence-electron chi connectivity index (χ2n) is 4.01. The monoisotopic (exact) mass is 230 g/mol. The number of hydrogen-bond donors (Lipinski definition) is 3. The van der Waals surface area contributed by atoms with E-state index in [0.717, 1.165) is 12.8 Å². The SMILES string of the molecule is O=C(O)CCNC(=O)N1CCCC(CO)C1. The lowest BCUT2D eigenvalue weighted by Gasteiger charge is -2.31. The van der Waals surface area contributed by atoms with Crippen LogP contribution in [-0.2, 0) is 4.79 Å². The molecule has 0 aromatic rings. The van der Waals surface area contributed by atoms with Crippen molar-refractivity contribution in [2.24, 2.45) is 5.92 Å². The molecule has 6 heteroatoms. The molecule has 0 spiro atoms. The molecule has 1 heterocycles. The Morgan fingerprint density at radius 3 is 2.81 bits per heavy atom. The molecule has 1 aliphatic heterocycles. The minimum atomic E-state index is -0.924. The van der Waals surface area contributed by atoms with Crippen LogP contribution in [0.5, 0.6) is 0 Å². The molecule has 0 bridgehead atoms. The van der Waals surface area contributed by atoms with E-state index in [1.54, 1.807) is 4.90 Å². The zero-order chi connectivity index (χ0) is 12.0. The average molecular weight is 230 g/mol. The summed E-state index contributed by atoms with van der Waals surface area (Å²) in [5, 5.41) is 20.0. The number of piperidine rings is 1. The molecule has 16 heavy (non-hydrogen) atoms. The molecule has 0 saturated carbocycles. The van der Waals surface area contributed by atoms with Crippen LogP contribution in [0.1, 0.15) is 19.3 Å². The minimum Gasteiger partial charge on any atom is -0.481 e. The Morgan fingerprint density at radius 1 is 1.44 bits per heavy atom. The highest BCUT2D eigenvalue weighted by Crippen LogP contribution is 2.15. The quantitative estimate of drug-likeness (QED) is 0.628. The van der Waals surface area contributed by atoms with Crippen LogP contribution < -0.4 is 5.32 Å². The maximum absolute atomic E-state index is 11.6. The smallest absolute Gasteiger partial charge is 0.317 e. The topological polar surface area (TPSA) is 89.9 Å². The molecular formula is C10H18N2O4. The molecule has 0 aromatic heterocycles. The summed E-state index contributed by atoms with van der Waals surface area (Å²) in [6, 6.07) is -0.237. The van der Waals surface area contributed by atoms with Gasteiger partial charge in [-0.3, -0.25) is 4.79 Å². The fourth-order valence-corrected chi connectivity index (χ4v) is 1.79. The number of hydrogen-bond acceptors (Lipinski definition) is 3. The van der Waals surface area contributed by atoms with Gasteiger partial charge in [0.05, 0.1) is 6.42 Å². The van der Waals surface area contributed by atoms with Crippen LogP contribution in [0.15, 0.2) is 0 Å². The predicted molar refractivity (Wildman–Crippen MR) is 57.0 cm³/mol. The number of carbonyl (C=O) groups excluding carboxylic acids is 1. The lowest BCUT2D eigenvalue weighted by Crippen LogP contribution is -2.46. The van der Waals surface area contributed by atoms with Gasteiger partial charge >= 0.3 is 12.0 Å². The number of carbonyl (C=O) groups is 2. The van der Waals surface area contributed by atoms with Gasteiger partial charge in [-0.15, -0.1) is 0 Å². The average Bonchev–Trinajstić information content (AvgIpc) is 2.28. The number of nitrogens with one attached hydrogen (secondary N) is 1. The molecular weight excluding hydrogens is 212 g/mol. The van der Waals surface area contributed by atoms with Crippen LogP contribution in [0.3, 0.4) is 0 Å². The van der Waals surface area contributed by atoms with Gasteiger partial charge in [-0.2, -0.15) is 0 Å². The largest absolute Gasteiger partial charge is 0.481 e. The fraction of sp³-hybridized carbons (Fsp3) is 0.800. The van der Waals surface area contributed by atoms with E-state index in [9.17, 15) is 9.59 Å². The first-order chi connectivity index (χ1) is 7.63. The van der Waals surface area contributed by atoms with Gasteiger partial charge < -0.3 is 20.4 Å². The summed E-state index contributed by atoms with van der Waals surface area (Å²) in [6.45, 7) is 1.47. The van der Waals surface area contributed by atoms with Gasteiger partial charge in [-0.1, -0.05) is 0 Å².